The summed E-state index contributed by atoms with van der Waals surface area (Å²) in [7, 11) is 1.58. The number of benzene rings is 2. The molecule has 0 bridgehead atoms. The lowest BCUT2D eigenvalue weighted by atomic mass is 10.1. The first-order valence-electron chi connectivity index (χ1n) is 9.00. The molecule has 2 amide bonds. The molecule has 2 N–H and O–H groups in total. The number of hydrogen-bond acceptors (Lipinski definition) is 5. The first-order valence-corrected chi connectivity index (χ1v) is 9.00. The van der Waals surface area contributed by atoms with Gasteiger partial charge in [-0.25, -0.2) is 5.43 Å². The van der Waals surface area contributed by atoms with Crippen molar-refractivity contribution < 1.29 is 19.1 Å². The van der Waals surface area contributed by atoms with E-state index in [1.807, 2.05) is 43.3 Å². The van der Waals surface area contributed by atoms with Crippen molar-refractivity contribution in [1.82, 2.24) is 10.7 Å². The molecule has 0 aliphatic rings. The number of carbonyl (C=O) groups is 2. The van der Waals surface area contributed by atoms with Crippen molar-refractivity contribution in [2.45, 2.75) is 26.3 Å². The van der Waals surface area contributed by atoms with Gasteiger partial charge in [0.05, 0.1) is 26.4 Å². The minimum absolute atomic E-state index is 0.173. The molecule has 28 heavy (non-hydrogen) atoms. The molecular formula is C21H25N3O4. The molecule has 7 heteroatoms. The standard InChI is InChI=1S/C21H25N3O4/c1-4-28-19-8-6-5-7-17(19)14-22-24-21(26)15(2)23-20(25)13-16-9-11-18(27-3)12-10-16/h5-12,14-15H,4,13H2,1-3H3,(H,23,25)(H,24,26). The highest BCUT2D eigenvalue weighted by Gasteiger charge is 2.15. The van der Waals surface area contributed by atoms with Gasteiger partial charge in [0, 0.05) is 5.56 Å². The van der Waals surface area contributed by atoms with Crippen LogP contribution in [0, 0.1) is 0 Å². The van der Waals surface area contributed by atoms with Crippen LogP contribution in [0.25, 0.3) is 0 Å². The summed E-state index contributed by atoms with van der Waals surface area (Å²) >= 11 is 0. The number of nitrogens with zero attached hydrogens (tertiary/aromatic N) is 1. The molecule has 0 saturated heterocycles. The van der Waals surface area contributed by atoms with E-state index in [1.165, 1.54) is 6.21 Å². The number of methoxy groups -OCH3 is 1. The Labute approximate surface area is 164 Å². The van der Waals surface area contributed by atoms with Gasteiger partial charge in [-0.2, -0.15) is 5.10 Å². The second-order valence-electron chi connectivity index (χ2n) is 6.02. The molecule has 0 aliphatic heterocycles. The number of carbonyl (C=O) groups excluding carboxylic acids is 2. The van der Waals surface area contributed by atoms with Crippen LogP contribution in [0.3, 0.4) is 0 Å². The van der Waals surface area contributed by atoms with Crippen LogP contribution in [0.5, 0.6) is 11.5 Å². The maximum Gasteiger partial charge on any atom is 0.262 e. The van der Waals surface area contributed by atoms with E-state index >= 15 is 0 Å². The molecule has 0 fully saturated rings. The van der Waals surface area contributed by atoms with Crippen molar-refractivity contribution >= 4 is 18.0 Å². The van der Waals surface area contributed by atoms with Crippen LogP contribution >= 0.6 is 0 Å². The van der Waals surface area contributed by atoms with E-state index in [4.69, 9.17) is 9.47 Å². The molecule has 0 radical (unpaired) electrons. The van der Waals surface area contributed by atoms with Gasteiger partial charge in [0.1, 0.15) is 17.5 Å². The predicted molar refractivity (Wildman–Crippen MR) is 108 cm³/mol. The van der Waals surface area contributed by atoms with Crippen molar-refractivity contribution in [2.75, 3.05) is 13.7 Å². The Morgan fingerprint density at radius 2 is 1.86 bits per heavy atom. The molecule has 2 aromatic carbocycles. The van der Waals surface area contributed by atoms with Crippen molar-refractivity contribution in [3.05, 3.63) is 59.7 Å². The molecule has 2 rings (SSSR count). The Morgan fingerprint density at radius 3 is 2.54 bits per heavy atom. The van der Waals surface area contributed by atoms with Gasteiger partial charge in [-0.15, -0.1) is 0 Å². The summed E-state index contributed by atoms with van der Waals surface area (Å²) in [6, 6.07) is 13.8. The number of hydrogen-bond donors (Lipinski definition) is 2. The topological polar surface area (TPSA) is 89.0 Å². The molecule has 2 aromatic rings. The predicted octanol–water partition coefficient (Wildman–Crippen LogP) is 2.29. The monoisotopic (exact) mass is 383 g/mol. The minimum Gasteiger partial charge on any atom is -0.497 e. The second kappa shape index (κ2) is 10.7. The molecule has 7 nitrogen and oxygen atoms in total. The molecule has 1 unspecified atom stereocenters. The van der Waals surface area contributed by atoms with Crippen LogP contribution in [0.1, 0.15) is 25.0 Å². The van der Waals surface area contributed by atoms with E-state index in [1.54, 1.807) is 26.2 Å². The molecule has 1 atom stereocenters. The van der Waals surface area contributed by atoms with Gasteiger partial charge in [0.25, 0.3) is 5.91 Å². The summed E-state index contributed by atoms with van der Waals surface area (Å²) in [5.74, 6) is 0.747. The third-order valence-corrected chi connectivity index (χ3v) is 3.89. The van der Waals surface area contributed by atoms with Crippen LogP contribution in [0.15, 0.2) is 53.6 Å². The van der Waals surface area contributed by atoms with E-state index in [0.29, 0.717) is 12.4 Å². The quantitative estimate of drug-likeness (QED) is 0.514. The minimum atomic E-state index is -0.718. The molecule has 148 valence electrons. The van der Waals surface area contributed by atoms with Gasteiger partial charge in [0.2, 0.25) is 5.91 Å². The number of amides is 2. The SMILES string of the molecule is CCOc1ccccc1C=NNC(=O)C(C)NC(=O)Cc1ccc(OC)cc1. The molecule has 0 saturated carbocycles. The number of ether oxygens (including phenoxy) is 2. The van der Waals surface area contributed by atoms with Crippen molar-refractivity contribution in [3.8, 4) is 11.5 Å². The second-order valence-corrected chi connectivity index (χ2v) is 6.02. The highest BCUT2D eigenvalue weighted by atomic mass is 16.5. The zero-order valence-electron chi connectivity index (χ0n) is 16.3. The van der Waals surface area contributed by atoms with Crippen molar-refractivity contribution in [3.63, 3.8) is 0 Å². The third-order valence-electron chi connectivity index (χ3n) is 3.89. The first-order chi connectivity index (χ1) is 13.5. The van der Waals surface area contributed by atoms with Gasteiger partial charge >= 0.3 is 0 Å². The van der Waals surface area contributed by atoms with E-state index in [-0.39, 0.29) is 12.3 Å². The lowest BCUT2D eigenvalue weighted by Crippen LogP contribution is -2.43. The van der Waals surface area contributed by atoms with Gasteiger partial charge in [-0.1, -0.05) is 24.3 Å². The number of hydrazone groups is 1. The summed E-state index contributed by atoms with van der Waals surface area (Å²) < 4.78 is 10.6. The summed E-state index contributed by atoms with van der Waals surface area (Å²) in [5, 5.41) is 6.60. The number of rotatable bonds is 9. The number of nitrogens with one attached hydrogen (secondary N) is 2. The van der Waals surface area contributed by atoms with Crippen LogP contribution in [-0.2, 0) is 16.0 Å². The smallest absolute Gasteiger partial charge is 0.262 e. The Bertz CT molecular complexity index is 819. The summed E-state index contributed by atoms with van der Waals surface area (Å²) in [4.78, 5) is 24.2. The van der Waals surface area contributed by atoms with Crippen molar-refractivity contribution in [1.29, 1.82) is 0 Å². The lowest BCUT2D eigenvalue weighted by Gasteiger charge is -2.12. The average Bonchev–Trinajstić information content (AvgIpc) is 2.69. The zero-order valence-corrected chi connectivity index (χ0v) is 16.3. The average molecular weight is 383 g/mol. The lowest BCUT2D eigenvalue weighted by molar-refractivity contribution is -0.128. The Morgan fingerprint density at radius 1 is 1.14 bits per heavy atom. The van der Waals surface area contributed by atoms with Crippen LogP contribution in [0.4, 0.5) is 0 Å². The fourth-order valence-corrected chi connectivity index (χ4v) is 2.42. The zero-order chi connectivity index (χ0) is 20.4. The van der Waals surface area contributed by atoms with E-state index < -0.39 is 11.9 Å². The molecule has 0 spiro atoms. The largest absolute Gasteiger partial charge is 0.497 e. The molecule has 0 aliphatic carbocycles. The third kappa shape index (κ3) is 6.42. The van der Waals surface area contributed by atoms with Gasteiger partial charge in [0.15, 0.2) is 0 Å². The summed E-state index contributed by atoms with van der Waals surface area (Å²) in [5.41, 5.74) is 4.01. The maximum absolute atomic E-state index is 12.1. The fraction of sp³-hybridized carbons (Fsp3) is 0.286. The van der Waals surface area contributed by atoms with Crippen molar-refractivity contribution in [2.24, 2.45) is 5.10 Å². The number of para-hydroxylation sites is 1. The van der Waals surface area contributed by atoms with Crippen LogP contribution in [0.2, 0.25) is 0 Å². The Balaban J connectivity index is 1.84. The Kier molecular flexibility index (Phi) is 8.02. The molecule has 0 heterocycles. The van der Waals surface area contributed by atoms with Gasteiger partial charge in [-0.05, 0) is 43.7 Å². The fourth-order valence-electron chi connectivity index (χ4n) is 2.42. The first kappa shape index (κ1) is 21.0. The summed E-state index contributed by atoms with van der Waals surface area (Å²) in [6.07, 6.45) is 1.68. The van der Waals surface area contributed by atoms with Gasteiger partial charge in [-0.3, -0.25) is 9.59 Å². The summed E-state index contributed by atoms with van der Waals surface area (Å²) in [6.45, 7) is 4.03. The highest BCUT2D eigenvalue weighted by Crippen LogP contribution is 2.15. The van der Waals surface area contributed by atoms with E-state index in [0.717, 1.165) is 16.9 Å². The molecular weight excluding hydrogens is 358 g/mol. The normalized spacial score (nSPS) is 11.7. The van der Waals surface area contributed by atoms with Gasteiger partial charge < -0.3 is 14.8 Å². The van der Waals surface area contributed by atoms with E-state index in [9.17, 15) is 9.59 Å². The van der Waals surface area contributed by atoms with E-state index in [2.05, 4.69) is 15.8 Å². The molecule has 0 aromatic heterocycles. The van der Waals surface area contributed by atoms with Crippen LogP contribution < -0.4 is 20.2 Å². The maximum atomic E-state index is 12.1. The highest BCUT2D eigenvalue weighted by molar-refractivity contribution is 5.89. The van der Waals surface area contributed by atoms with Crippen LogP contribution in [-0.4, -0.2) is 37.8 Å². The Hall–Kier alpha value is -3.35.